The molecule has 3 rings (SSSR count). The highest BCUT2D eigenvalue weighted by molar-refractivity contribution is 5.23. The van der Waals surface area contributed by atoms with E-state index in [0.717, 1.165) is 56.6 Å². The second-order valence-corrected chi connectivity index (χ2v) is 7.67. The van der Waals surface area contributed by atoms with E-state index in [9.17, 15) is 17.6 Å². The average molecular weight is 342 g/mol. The summed E-state index contributed by atoms with van der Waals surface area (Å²) in [4.78, 5) is 0. The van der Waals surface area contributed by atoms with E-state index in [4.69, 9.17) is 0 Å². The van der Waals surface area contributed by atoms with Crippen molar-refractivity contribution in [1.29, 1.82) is 0 Å². The van der Waals surface area contributed by atoms with E-state index in [2.05, 4.69) is 0 Å². The van der Waals surface area contributed by atoms with Crippen molar-refractivity contribution in [3.05, 3.63) is 35.1 Å². The van der Waals surface area contributed by atoms with Crippen molar-refractivity contribution >= 4 is 0 Å². The van der Waals surface area contributed by atoms with Crippen LogP contribution in [0.25, 0.3) is 0 Å². The van der Waals surface area contributed by atoms with Crippen LogP contribution >= 0.6 is 0 Å². The Morgan fingerprint density at radius 2 is 1.25 bits per heavy atom. The molecule has 2 saturated carbocycles. The highest BCUT2D eigenvalue weighted by Gasteiger charge is 2.31. The number of halogens is 4. The van der Waals surface area contributed by atoms with Crippen LogP contribution in [0.3, 0.4) is 0 Å². The van der Waals surface area contributed by atoms with Crippen LogP contribution in [0.2, 0.25) is 0 Å². The second-order valence-electron chi connectivity index (χ2n) is 7.67. The Hall–Kier alpha value is -1.06. The summed E-state index contributed by atoms with van der Waals surface area (Å²) in [6.07, 6.45) is 9.36. The van der Waals surface area contributed by atoms with Gasteiger partial charge in [-0.1, -0.05) is 12.8 Å². The Bertz CT molecular complexity index is 518. The van der Waals surface area contributed by atoms with Gasteiger partial charge < -0.3 is 0 Å². The summed E-state index contributed by atoms with van der Waals surface area (Å²) in [7, 11) is 0. The van der Waals surface area contributed by atoms with Gasteiger partial charge in [-0.3, -0.25) is 4.39 Å². The molecule has 0 unspecified atom stereocenters. The molecule has 1 aromatic carbocycles. The van der Waals surface area contributed by atoms with Crippen molar-refractivity contribution in [3.8, 4) is 0 Å². The van der Waals surface area contributed by atoms with Crippen LogP contribution in [0.1, 0.15) is 69.3 Å². The van der Waals surface area contributed by atoms with E-state index >= 15 is 0 Å². The molecule has 0 nitrogen and oxygen atoms in total. The monoisotopic (exact) mass is 342 g/mol. The molecule has 0 saturated heterocycles. The Kier molecular flexibility index (Phi) is 5.83. The zero-order valence-electron chi connectivity index (χ0n) is 14.0. The number of alkyl halides is 1. The SMILES string of the molecule is FCCC1CCC(C2CCC(c3cc(F)c(F)c(F)c3)CC2)CC1. The number of hydrogen-bond donors (Lipinski definition) is 0. The molecule has 134 valence electrons. The summed E-state index contributed by atoms with van der Waals surface area (Å²) < 4.78 is 52.4. The van der Waals surface area contributed by atoms with Crippen LogP contribution in [0.4, 0.5) is 17.6 Å². The third kappa shape index (κ3) is 3.94. The summed E-state index contributed by atoms with van der Waals surface area (Å²) in [6.45, 7) is -0.203. The fourth-order valence-corrected chi connectivity index (χ4v) is 4.84. The summed E-state index contributed by atoms with van der Waals surface area (Å²) in [5.74, 6) is -1.44. The molecule has 4 heteroatoms. The minimum Gasteiger partial charge on any atom is -0.251 e. The van der Waals surface area contributed by atoms with E-state index in [1.807, 2.05) is 0 Å². The van der Waals surface area contributed by atoms with Gasteiger partial charge in [0.15, 0.2) is 17.5 Å². The van der Waals surface area contributed by atoms with Gasteiger partial charge in [0, 0.05) is 0 Å². The van der Waals surface area contributed by atoms with Gasteiger partial charge in [0.2, 0.25) is 0 Å². The molecule has 1 aromatic rings. The number of rotatable bonds is 4. The van der Waals surface area contributed by atoms with Gasteiger partial charge in [0.05, 0.1) is 6.67 Å². The maximum absolute atomic E-state index is 13.4. The smallest absolute Gasteiger partial charge is 0.194 e. The quantitative estimate of drug-likeness (QED) is 0.430. The first-order valence-electron chi connectivity index (χ1n) is 9.29. The Labute approximate surface area is 141 Å². The fourth-order valence-electron chi connectivity index (χ4n) is 4.84. The topological polar surface area (TPSA) is 0 Å². The summed E-state index contributed by atoms with van der Waals surface area (Å²) in [5, 5.41) is 0. The van der Waals surface area contributed by atoms with Crippen molar-refractivity contribution < 1.29 is 17.6 Å². The second kappa shape index (κ2) is 7.88. The highest BCUT2D eigenvalue weighted by Crippen LogP contribution is 2.44. The lowest BCUT2D eigenvalue weighted by Gasteiger charge is -2.38. The van der Waals surface area contributed by atoms with Gasteiger partial charge >= 0.3 is 0 Å². The van der Waals surface area contributed by atoms with Gasteiger partial charge in [0.25, 0.3) is 0 Å². The lowest BCUT2D eigenvalue weighted by atomic mass is 9.68. The molecule has 2 aliphatic carbocycles. The number of benzene rings is 1. The molecule has 2 fully saturated rings. The van der Waals surface area contributed by atoms with Crippen LogP contribution in [0, 0.1) is 35.2 Å². The first kappa shape index (κ1) is 17.8. The summed E-state index contributed by atoms with van der Waals surface area (Å²) in [5.41, 5.74) is 0.594. The minimum atomic E-state index is -1.38. The molecule has 24 heavy (non-hydrogen) atoms. The zero-order valence-corrected chi connectivity index (χ0v) is 14.0. The first-order valence-corrected chi connectivity index (χ1v) is 9.29. The summed E-state index contributed by atoms with van der Waals surface area (Å²) >= 11 is 0. The lowest BCUT2D eigenvalue weighted by molar-refractivity contribution is 0.153. The highest BCUT2D eigenvalue weighted by atomic mass is 19.2. The van der Waals surface area contributed by atoms with E-state index in [1.54, 1.807) is 0 Å². The normalized spacial score (nSPS) is 31.2. The maximum Gasteiger partial charge on any atom is 0.194 e. The van der Waals surface area contributed by atoms with E-state index in [0.29, 0.717) is 23.8 Å². The molecule has 0 aromatic heterocycles. The van der Waals surface area contributed by atoms with Gasteiger partial charge in [-0.25, -0.2) is 13.2 Å². The predicted molar refractivity (Wildman–Crippen MR) is 87.1 cm³/mol. The molecular formula is C20H26F4. The van der Waals surface area contributed by atoms with Crippen molar-refractivity contribution in [3.63, 3.8) is 0 Å². The van der Waals surface area contributed by atoms with Crippen molar-refractivity contribution in [2.24, 2.45) is 17.8 Å². The van der Waals surface area contributed by atoms with Crippen molar-refractivity contribution in [2.75, 3.05) is 6.67 Å². The number of hydrogen-bond acceptors (Lipinski definition) is 0. The van der Waals surface area contributed by atoms with Crippen LogP contribution in [0.5, 0.6) is 0 Å². The van der Waals surface area contributed by atoms with E-state index in [-0.39, 0.29) is 12.6 Å². The predicted octanol–water partition coefficient (Wildman–Crippen LogP) is 6.54. The van der Waals surface area contributed by atoms with Crippen molar-refractivity contribution in [1.82, 2.24) is 0 Å². The lowest BCUT2D eigenvalue weighted by Crippen LogP contribution is -2.25. The molecular weight excluding hydrogens is 316 g/mol. The molecule has 0 amide bonds. The minimum absolute atomic E-state index is 0.133. The Morgan fingerprint density at radius 1 is 0.750 bits per heavy atom. The third-order valence-electron chi connectivity index (χ3n) is 6.32. The Balaban J connectivity index is 1.53. The van der Waals surface area contributed by atoms with Gasteiger partial charge in [-0.15, -0.1) is 0 Å². The van der Waals surface area contributed by atoms with E-state index < -0.39 is 17.5 Å². The Morgan fingerprint density at radius 3 is 1.75 bits per heavy atom. The van der Waals surface area contributed by atoms with Crippen molar-refractivity contribution in [2.45, 2.75) is 63.7 Å². The van der Waals surface area contributed by atoms with Gasteiger partial charge in [0.1, 0.15) is 0 Å². The van der Waals surface area contributed by atoms with Crippen LogP contribution in [-0.4, -0.2) is 6.67 Å². The van der Waals surface area contributed by atoms with Gasteiger partial charge in [-0.2, -0.15) is 0 Å². The van der Waals surface area contributed by atoms with Crippen LogP contribution in [0.15, 0.2) is 12.1 Å². The van der Waals surface area contributed by atoms with Crippen LogP contribution in [-0.2, 0) is 0 Å². The van der Waals surface area contributed by atoms with Crippen LogP contribution < -0.4 is 0 Å². The van der Waals surface area contributed by atoms with Gasteiger partial charge in [-0.05, 0) is 86.3 Å². The molecule has 0 heterocycles. The summed E-state index contributed by atoms with van der Waals surface area (Å²) in [6, 6.07) is 2.32. The molecule has 0 radical (unpaired) electrons. The third-order valence-corrected chi connectivity index (χ3v) is 6.32. The molecule has 0 N–H and O–H groups in total. The van der Waals surface area contributed by atoms with E-state index in [1.165, 1.54) is 12.8 Å². The standard InChI is InChI=1S/C20H26F4/c21-10-9-13-1-3-14(4-2-13)15-5-7-16(8-6-15)17-11-18(22)20(24)19(23)12-17/h11-16H,1-10H2. The molecule has 2 aliphatic rings. The molecule has 0 aliphatic heterocycles. The molecule has 0 bridgehead atoms. The largest absolute Gasteiger partial charge is 0.251 e. The fraction of sp³-hybridized carbons (Fsp3) is 0.700. The first-order chi connectivity index (χ1) is 11.6. The average Bonchev–Trinajstić information content (AvgIpc) is 2.60. The maximum atomic E-state index is 13.4. The molecule has 0 spiro atoms. The zero-order chi connectivity index (χ0) is 17.1. The molecule has 0 atom stereocenters.